The van der Waals surface area contributed by atoms with Crippen LogP contribution in [-0.4, -0.2) is 17.0 Å². The van der Waals surface area contributed by atoms with Gasteiger partial charge in [-0.1, -0.05) is 0 Å². The highest BCUT2D eigenvalue weighted by Crippen LogP contribution is 2.29. The molecule has 0 aliphatic rings. The van der Waals surface area contributed by atoms with Gasteiger partial charge < -0.3 is 10.6 Å². The van der Waals surface area contributed by atoms with Crippen LogP contribution in [0.5, 0.6) is 0 Å². The zero-order valence-corrected chi connectivity index (χ0v) is 10.9. The van der Waals surface area contributed by atoms with Crippen molar-refractivity contribution in [3.8, 4) is 0 Å². The quantitative estimate of drug-likeness (QED) is 0.519. The summed E-state index contributed by atoms with van der Waals surface area (Å²) in [6, 6.07) is 1.29. The number of hydrogen-bond acceptors (Lipinski definition) is 4. The third kappa shape index (κ3) is 2.71. The maximum absolute atomic E-state index is 13.5. The van der Waals surface area contributed by atoms with Crippen LogP contribution in [0.15, 0.2) is 6.07 Å². The van der Waals surface area contributed by atoms with Crippen LogP contribution in [0.1, 0.15) is 5.69 Å². The van der Waals surface area contributed by atoms with Gasteiger partial charge in [-0.25, -0.2) is 26.9 Å². The molecule has 21 heavy (non-hydrogen) atoms. The van der Waals surface area contributed by atoms with Crippen molar-refractivity contribution in [2.75, 3.05) is 17.7 Å². The molecule has 1 aromatic carbocycles. The summed E-state index contributed by atoms with van der Waals surface area (Å²) in [7, 11) is 1.51. The summed E-state index contributed by atoms with van der Waals surface area (Å²) in [5.41, 5.74) is -0.743. The fourth-order valence-corrected chi connectivity index (χ4v) is 1.59. The number of nitrogens with zero attached hydrogens (tertiary/aromatic N) is 2. The van der Waals surface area contributed by atoms with E-state index < -0.39 is 34.8 Å². The van der Waals surface area contributed by atoms with Crippen LogP contribution in [0.25, 0.3) is 0 Å². The van der Waals surface area contributed by atoms with Crippen molar-refractivity contribution in [3.63, 3.8) is 0 Å². The molecule has 0 spiro atoms. The minimum atomic E-state index is -2.22. The highest BCUT2D eigenvalue weighted by Gasteiger charge is 2.26. The van der Waals surface area contributed by atoms with Crippen LogP contribution < -0.4 is 10.6 Å². The van der Waals surface area contributed by atoms with Gasteiger partial charge in [0, 0.05) is 18.8 Å². The van der Waals surface area contributed by atoms with Crippen LogP contribution in [0.4, 0.5) is 39.4 Å². The molecule has 0 fully saturated rings. The topological polar surface area (TPSA) is 49.8 Å². The van der Waals surface area contributed by atoms with Gasteiger partial charge in [0.15, 0.2) is 23.3 Å². The second-order valence-corrected chi connectivity index (χ2v) is 4.04. The SMILES string of the molecule is CNc1nc(C)cc(Nc2c(F)c(F)c(F)c(F)c2F)n1. The van der Waals surface area contributed by atoms with E-state index in [2.05, 4.69) is 20.6 Å². The summed E-state index contributed by atoms with van der Waals surface area (Å²) >= 11 is 0. The van der Waals surface area contributed by atoms with Gasteiger partial charge in [0.1, 0.15) is 11.5 Å². The van der Waals surface area contributed by atoms with E-state index in [-0.39, 0.29) is 11.8 Å². The number of hydrogen-bond donors (Lipinski definition) is 2. The van der Waals surface area contributed by atoms with Crippen molar-refractivity contribution in [1.82, 2.24) is 9.97 Å². The highest BCUT2D eigenvalue weighted by molar-refractivity contribution is 5.59. The fraction of sp³-hybridized carbons (Fsp3) is 0.167. The molecule has 0 saturated heterocycles. The van der Waals surface area contributed by atoms with Gasteiger partial charge in [-0.15, -0.1) is 0 Å². The van der Waals surface area contributed by atoms with Crippen LogP contribution in [-0.2, 0) is 0 Å². The number of aromatic nitrogens is 2. The molecule has 0 aliphatic carbocycles. The molecule has 0 atom stereocenters. The van der Waals surface area contributed by atoms with E-state index in [1.807, 2.05) is 0 Å². The van der Waals surface area contributed by atoms with Crippen LogP contribution in [0.3, 0.4) is 0 Å². The van der Waals surface area contributed by atoms with Crippen molar-refractivity contribution < 1.29 is 22.0 Å². The lowest BCUT2D eigenvalue weighted by molar-refractivity contribution is 0.382. The summed E-state index contributed by atoms with van der Waals surface area (Å²) in [5.74, 6) is -10.2. The molecule has 2 aromatic rings. The second kappa shape index (κ2) is 5.51. The van der Waals surface area contributed by atoms with Gasteiger partial charge in [0.25, 0.3) is 0 Å². The monoisotopic (exact) mass is 304 g/mol. The number of aryl methyl sites for hydroxylation is 1. The van der Waals surface area contributed by atoms with Crippen molar-refractivity contribution >= 4 is 17.5 Å². The second-order valence-electron chi connectivity index (χ2n) is 4.04. The maximum Gasteiger partial charge on any atom is 0.224 e. The number of rotatable bonds is 3. The molecule has 9 heteroatoms. The van der Waals surface area contributed by atoms with E-state index in [1.165, 1.54) is 13.1 Å². The molecule has 0 radical (unpaired) electrons. The molecule has 0 unspecified atom stereocenters. The van der Waals surface area contributed by atoms with E-state index in [0.717, 1.165) is 0 Å². The Labute approximate surface area is 116 Å². The zero-order chi connectivity index (χ0) is 15.7. The summed E-state index contributed by atoms with van der Waals surface area (Å²) in [4.78, 5) is 7.74. The predicted molar refractivity (Wildman–Crippen MR) is 65.8 cm³/mol. The minimum absolute atomic E-state index is 0.116. The van der Waals surface area contributed by atoms with Crippen LogP contribution in [0, 0.1) is 36.0 Å². The first-order valence-corrected chi connectivity index (χ1v) is 5.67. The Morgan fingerprint density at radius 3 is 1.90 bits per heavy atom. The van der Waals surface area contributed by atoms with Gasteiger partial charge in [-0.2, -0.15) is 4.98 Å². The van der Waals surface area contributed by atoms with Crippen molar-refractivity contribution in [2.45, 2.75) is 6.92 Å². The van der Waals surface area contributed by atoms with Crippen LogP contribution in [0.2, 0.25) is 0 Å². The summed E-state index contributed by atoms with van der Waals surface area (Å²) < 4.78 is 66.2. The molecule has 0 saturated carbocycles. The fourth-order valence-electron chi connectivity index (χ4n) is 1.59. The van der Waals surface area contributed by atoms with Crippen LogP contribution >= 0.6 is 0 Å². The van der Waals surface area contributed by atoms with Crippen molar-refractivity contribution in [1.29, 1.82) is 0 Å². The number of nitrogens with one attached hydrogen (secondary N) is 2. The lowest BCUT2D eigenvalue weighted by Crippen LogP contribution is -2.08. The molecule has 0 aliphatic heterocycles. The first kappa shape index (κ1) is 14.9. The van der Waals surface area contributed by atoms with Crippen molar-refractivity contribution in [3.05, 3.63) is 40.8 Å². The van der Waals surface area contributed by atoms with E-state index in [0.29, 0.717) is 5.69 Å². The molecule has 112 valence electrons. The number of halogens is 5. The third-order valence-electron chi connectivity index (χ3n) is 2.54. The standard InChI is InChI=1S/C12H9F5N4/c1-4-3-5(21-12(18-2)19-4)20-11-9(16)7(14)6(13)8(15)10(11)17/h3H,1-2H3,(H2,18,19,20,21). The predicted octanol–water partition coefficient (Wildman–Crippen LogP) is 3.27. The lowest BCUT2D eigenvalue weighted by Gasteiger charge is -2.11. The van der Waals surface area contributed by atoms with E-state index in [9.17, 15) is 22.0 Å². The highest BCUT2D eigenvalue weighted by atomic mass is 19.2. The molecule has 1 heterocycles. The summed E-state index contributed by atoms with van der Waals surface area (Å²) in [6.07, 6.45) is 0. The normalized spacial score (nSPS) is 10.6. The van der Waals surface area contributed by atoms with E-state index >= 15 is 0 Å². The average molecular weight is 304 g/mol. The largest absolute Gasteiger partial charge is 0.357 e. The Hall–Kier alpha value is -2.45. The first-order chi connectivity index (χ1) is 9.85. The van der Waals surface area contributed by atoms with Gasteiger partial charge in [0.05, 0.1) is 0 Å². The van der Waals surface area contributed by atoms with Gasteiger partial charge >= 0.3 is 0 Å². The summed E-state index contributed by atoms with van der Waals surface area (Å²) in [6.45, 7) is 1.58. The van der Waals surface area contributed by atoms with E-state index in [1.54, 1.807) is 6.92 Å². The van der Waals surface area contributed by atoms with E-state index in [4.69, 9.17) is 0 Å². The molecular weight excluding hydrogens is 295 g/mol. The molecule has 1 aromatic heterocycles. The third-order valence-corrected chi connectivity index (χ3v) is 2.54. The molecule has 2 N–H and O–H groups in total. The zero-order valence-electron chi connectivity index (χ0n) is 10.9. The molecule has 2 rings (SSSR count). The van der Waals surface area contributed by atoms with Gasteiger partial charge in [0.2, 0.25) is 11.8 Å². The first-order valence-electron chi connectivity index (χ1n) is 5.67. The maximum atomic E-state index is 13.5. The molecular formula is C12H9F5N4. The van der Waals surface area contributed by atoms with Crippen molar-refractivity contribution in [2.24, 2.45) is 0 Å². The van der Waals surface area contributed by atoms with Gasteiger partial charge in [-0.05, 0) is 6.92 Å². The molecule has 0 amide bonds. The lowest BCUT2D eigenvalue weighted by atomic mass is 10.2. The molecule has 4 nitrogen and oxygen atoms in total. The Balaban J connectivity index is 2.52. The Morgan fingerprint density at radius 1 is 0.857 bits per heavy atom. The minimum Gasteiger partial charge on any atom is -0.357 e. The van der Waals surface area contributed by atoms with Gasteiger partial charge in [-0.3, -0.25) is 0 Å². The summed E-state index contributed by atoms with van der Waals surface area (Å²) in [5, 5.41) is 4.67. The number of anilines is 3. The average Bonchev–Trinajstić information content (AvgIpc) is 2.47. The number of benzene rings is 1. The molecule has 0 bridgehead atoms. The Bertz CT molecular complexity index is 676. The Kier molecular flexibility index (Phi) is 3.92. The Morgan fingerprint density at radius 2 is 1.38 bits per heavy atom. The smallest absolute Gasteiger partial charge is 0.224 e.